The number of amides is 1. The average Bonchev–Trinajstić information content (AvgIpc) is 2.80. The predicted octanol–water partition coefficient (Wildman–Crippen LogP) is 2.94. The van der Waals surface area contributed by atoms with Crippen molar-refractivity contribution in [3.8, 4) is 5.75 Å². The van der Waals surface area contributed by atoms with Crippen LogP contribution in [0.3, 0.4) is 0 Å². The fourth-order valence-electron chi connectivity index (χ4n) is 2.62. The van der Waals surface area contributed by atoms with Crippen molar-refractivity contribution in [3.63, 3.8) is 0 Å². The highest BCUT2D eigenvalue weighted by atomic mass is 16.5. The van der Waals surface area contributed by atoms with Crippen molar-refractivity contribution in [3.05, 3.63) is 59.3 Å². The second kappa shape index (κ2) is 7.64. The van der Waals surface area contributed by atoms with Crippen LogP contribution in [0.4, 0.5) is 0 Å². The highest BCUT2D eigenvalue weighted by Crippen LogP contribution is 2.33. The normalized spacial score (nSPS) is 15.9. The molecule has 2 rings (SSSR count). The first kappa shape index (κ1) is 17.5. The number of nitrogens with zero attached hydrogens (tertiary/aromatic N) is 1. The summed E-state index contributed by atoms with van der Waals surface area (Å²) in [6.07, 6.45) is 3.29. The number of methoxy groups -OCH3 is 1. The van der Waals surface area contributed by atoms with Gasteiger partial charge in [-0.05, 0) is 26.0 Å². The smallest absolute Gasteiger partial charge is 0.340 e. The molecule has 24 heavy (non-hydrogen) atoms. The van der Waals surface area contributed by atoms with Crippen LogP contribution in [0.2, 0.25) is 0 Å². The third-order valence-corrected chi connectivity index (χ3v) is 3.74. The summed E-state index contributed by atoms with van der Waals surface area (Å²) in [5, 5.41) is 0. The molecule has 1 aromatic carbocycles. The zero-order valence-electron chi connectivity index (χ0n) is 14.2. The molecular formula is C19H21NO4. The summed E-state index contributed by atoms with van der Waals surface area (Å²) >= 11 is 0. The Labute approximate surface area is 141 Å². The lowest BCUT2D eigenvalue weighted by Gasteiger charge is -2.14. The molecule has 0 unspecified atom stereocenters. The fourth-order valence-corrected chi connectivity index (χ4v) is 2.62. The summed E-state index contributed by atoms with van der Waals surface area (Å²) in [7, 11) is 1.56. The molecule has 0 saturated heterocycles. The van der Waals surface area contributed by atoms with E-state index in [4.69, 9.17) is 9.47 Å². The number of esters is 1. The van der Waals surface area contributed by atoms with E-state index >= 15 is 0 Å². The number of benzene rings is 1. The van der Waals surface area contributed by atoms with Crippen molar-refractivity contribution in [2.24, 2.45) is 0 Å². The molecule has 0 fully saturated rings. The Bertz CT molecular complexity index is 731. The van der Waals surface area contributed by atoms with E-state index in [2.05, 4.69) is 6.58 Å². The van der Waals surface area contributed by atoms with Gasteiger partial charge in [-0.3, -0.25) is 4.79 Å². The van der Waals surface area contributed by atoms with Crippen LogP contribution in [-0.4, -0.2) is 37.0 Å². The minimum absolute atomic E-state index is 0.243. The Kier molecular flexibility index (Phi) is 5.58. The van der Waals surface area contributed by atoms with Crippen LogP contribution in [0.25, 0.3) is 6.08 Å². The highest BCUT2D eigenvalue weighted by molar-refractivity contribution is 6.16. The van der Waals surface area contributed by atoms with Gasteiger partial charge in [0, 0.05) is 17.8 Å². The summed E-state index contributed by atoms with van der Waals surface area (Å²) in [6.45, 7) is 7.70. The lowest BCUT2D eigenvalue weighted by atomic mass is 10.0. The average molecular weight is 327 g/mol. The zero-order chi connectivity index (χ0) is 17.7. The largest absolute Gasteiger partial charge is 0.496 e. The molecule has 1 aliphatic rings. The molecule has 5 heteroatoms. The van der Waals surface area contributed by atoms with Crippen molar-refractivity contribution < 1.29 is 19.1 Å². The van der Waals surface area contributed by atoms with Crippen LogP contribution < -0.4 is 4.74 Å². The summed E-state index contributed by atoms with van der Waals surface area (Å²) in [5.41, 5.74) is 1.88. The van der Waals surface area contributed by atoms with Crippen LogP contribution in [0, 0.1) is 0 Å². The van der Waals surface area contributed by atoms with E-state index in [-0.39, 0.29) is 18.1 Å². The van der Waals surface area contributed by atoms with Gasteiger partial charge in [-0.1, -0.05) is 24.3 Å². The van der Waals surface area contributed by atoms with Gasteiger partial charge < -0.3 is 14.4 Å². The number of carbonyl (C=O) groups excluding carboxylic acids is 2. The zero-order valence-corrected chi connectivity index (χ0v) is 14.2. The molecule has 0 radical (unpaired) electrons. The SMILES string of the molecule is C=CCN1C(=O)/C(=C\c2ccccc2OC)C(C(=O)OCC)=C1C. The summed E-state index contributed by atoms with van der Waals surface area (Å²) in [6, 6.07) is 7.31. The molecule has 1 aliphatic heterocycles. The maximum absolute atomic E-state index is 12.7. The molecule has 0 aliphatic carbocycles. The Morgan fingerprint density at radius 1 is 1.33 bits per heavy atom. The van der Waals surface area contributed by atoms with Gasteiger partial charge in [0.25, 0.3) is 5.91 Å². The number of rotatable bonds is 6. The maximum Gasteiger partial charge on any atom is 0.340 e. The van der Waals surface area contributed by atoms with Crippen LogP contribution in [0.5, 0.6) is 5.75 Å². The molecule has 126 valence electrons. The minimum Gasteiger partial charge on any atom is -0.496 e. The van der Waals surface area contributed by atoms with Crippen LogP contribution in [0.15, 0.2) is 53.8 Å². The molecule has 0 N–H and O–H groups in total. The molecule has 0 saturated carbocycles. The van der Waals surface area contributed by atoms with Crippen molar-refractivity contribution in [1.82, 2.24) is 4.90 Å². The van der Waals surface area contributed by atoms with E-state index < -0.39 is 5.97 Å². The molecular weight excluding hydrogens is 306 g/mol. The van der Waals surface area contributed by atoms with Gasteiger partial charge in [-0.25, -0.2) is 4.79 Å². The molecule has 0 aromatic heterocycles. The summed E-state index contributed by atoms with van der Waals surface area (Å²) in [5.74, 6) is -0.127. The van der Waals surface area contributed by atoms with Crippen LogP contribution in [-0.2, 0) is 14.3 Å². The second-order valence-corrected chi connectivity index (χ2v) is 5.19. The van der Waals surface area contributed by atoms with E-state index in [1.165, 1.54) is 4.90 Å². The Morgan fingerprint density at radius 3 is 2.67 bits per heavy atom. The molecule has 1 aromatic rings. The second-order valence-electron chi connectivity index (χ2n) is 5.19. The minimum atomic E-state index is -0.504. The van der Waals surface area contributed by atoms with E-state index in [0.29, 0.717) is 23.6 Å². The van der Waals surface area contributed by atoms with Gasteiger partial charge in [0.1, 0.15) is 5.75 Å². The first-order valence-corrected chi connectivity index (χ1v) is 7.71. The van der Waals surface area contributed by atoms with Gasteiger partial charge >= 0.3 is 5.97 Å². The number of allylic oxidation sites excluding steroid dienone is 1. The fraction of sp³-hybridized carbons (Fsp3) is 0.263. The van der Waals surface area contributed by atoms with Crippen molar-refractivity contribution in [1.29, 1.82) is 0 Å². The monoisotopic (exact) mass is 327 g/mol. The standard InChI is InChI=1S/C19H21NO4/c1-5-11-20-13(3)17(19(22)24-6-2)15(18(20)21)12-14-9-7-8-10-16(14)23-4/h5,7-10,12H,1,6,11H2,2-4H3/b15-12-. The molecule has 0 spiro atoms. The number of hydrogen-bond acceptors (Lipinski definition) is 4. The first-order valence-electron chi connectivity index (χ1n) is 7.71. The Balaban J connectivity index is 2.56. The summed E-state index contributed by atoms with van der Waals surface area (Å²) < 4.78 is 10.4. The lowest BCUT2D eigenvalue weighted by molar-refractivity contribution is -0.138. The number of ether oxygens (including phenoxy) is 2. The number of carbonyl (C=O) groups is 2. The molecule has 1 heterocycles. The van der Waals surface area contributed by atoms with E-state index in [0.717, 1.165) is 5.56 Å². The van der Waals surface area contributed by atoms with Crippen LogP contribution >= 0.6 is 0 Å². The van der Waals surface area contributed by atoms with Gasteiger partial charge in [-0.2, -0.15) is 0 Å². The first-order chi connectivity index (χ1) is 11.5. The van der Waals surface area contributed by atoms with Gasteiger partial charge in [0.2, 0.25) is 0 Å². The summed E-state index contributed by atoms with van der Waals surface area (Å²) in [4.78, 5) is 26.6. The Morgan fingerprint density at radius 2 is 2.04 bits per heavy atom. The van der Waals surface area contributed by atoms with E-state index in [1.54, 1.807) is 39.2 Å². The quantitative estimate of drug-likeness (QED) is 0.458. The van der Waals surface area contributed by atoms with Crippen molar-refractivity contribution in [2.75, 3.05) is 20.3 Å². The third-order valence-electron chi connectivity index (χ3n) is 3.74. The van der Waals surface area contributed by atoms with Crippen LogP contribution in [0.1, 0.15) is 19.4 Å². The van der Waals surface area contributed by atoms with Gasteiger partial charge in [-0.15, -0.1) is 6.58 Å². The van der Waals surface area contributed by atoms with Gasteiger partial charge in [0.05, 0.1) is 24.9 Å². The third kappa shape index (κ3) is 3.25. The number of hydrogen-bond donors (Lipinski definition) is 0. The molecule has 0 atom stereocenters. The maximum atomic E-state index is 12.7. The molecule has 1 amide bonds. The predicted molar refractivity (Wildman–Crippen MR) is 92.2 cm³/mol. The topological polar surface area (TPSA) is 55.8 Å². The van der Waals surface area contributed by atoms with Crippen molar-refractivity contribution >= 4 is 18.0 Å². The Hall–Kier alpha value is -2.82. The van der Waals surface area contributed by atoms with Crippen molar-refractivity contribution in [2.45, 2.75) is 13.8 Å². The van der Waals surface area contributed by atoms with E-state index in [1.807, 2.05) is 18.2 Å². The number of para-hydroxylation sites is 1. The molecule has 0 bridgehead atoms. The van der Waals surface area contributed by atoms with Gasteiger partial charge in [0.15, 0.2) is 0 Å². The highest BCUT2D eigenvalue weighted by Gasteiger charge is 2.36. The van der Waals surface area contributed by atoms with E-state index in [9.17, 15) is 9.59 Å². The molecule has 5 nitrogen and oxygen atoms in total. The lowest BCUT2D eigenvalue weighted by Crippen LogP contribution is -2.25.